The fraction of sp³-hybridized carbons (Fsp3) is 0.692. The molecule has 2 unspecified atom stereocenters. The normalized spacial score (nSPS) is 28.4. The molecule has 0 amide bonds. The highest BCUT2D eigenvalue weighted by molar-refractivity contribution is 6.13. The quantitative estimate of drug-likeness (QED) is 0.617. The van der Waals surface area contributed by atoms with Crippen molar-refractivity contribution in [2.24, 2.45) is 0 Å². The van der Waals surface area contributed by atoms with Crippen LogP contribution in [0.4, 0.5) is 0 Å². The minimum atomic E-state index is -2.16. The summed E-state index contributed by atoms with van der Waals surface area (Å²) in [6.07, 6.45) is 3.35. The van der Waals surface area contributed by atoms with E-state index < -0.39 is 29.0 Å². The predicted molar refractivity (Wildman–Crippen MR) is 65.1 cm³/mol. The highest BCUT2D eigenvalue weighted by atomic mass is 16.4. The van der Waals surface area contributed by atoms with Crippen molar-refractivity contribution in [3.63, 3.8) is 0 Å². The van der Waals surface area contributed by atoms with E-state index in [1.54, 1.807) is 0 Å². The van der Waals surface area contributed by atoms with Gasteiger partial charge in [0.05, 0.1) is 0 Å². The Hall–Kier alpha value is -1.20. The molecule has 0 aromatic heterocycles. The van der Waals surface area contributed by atoms with Crippen LogP contribution in [0.3, 0.4) is 0 Å². The second-order valence-electron chi connectivity index (χ2n) is 4.75. The van der Waals surface area contributed by atoms with Crippen molar-refractivity contribution in [2.45, 2.75) is 57.2 Å². The molecule has 0 aromatic carbocycles. The first kappa shape index (κ1) is 14.9. The summed E-state index contributed by atoms with van der Waals surface area (Å²) >= 11 is 0. The molecule has 0 aliphatic heterocycles. The van der Waals surface area contributed by atoms with Gasteiger partial charge in [-0.3, -0.25) is 9.59 Å². The van der Waals surface area contributed by atoms with E-state index in [1.807, 2.05) is 0 Å². The van der Waals surface area contributed by atoms with Gasteiger partial charge in [0, 0.05) is 6.08 Å². The number of aliphatic hydroxyl groups excluding tert-OH is 2. The standard InChI is InChI=1S/C13H20O5/c1-2-3-4-5-6-7-13(18)11(16)9(14)8-10(15)12(13)17/h8,11,15-16,18H,2-7H2,1H3. The molecule has 5 heteroatoms. The molecule has 1 aliphatic rings. The summed E-state index contributed by atoms with van der Waals surface area (Å²) in [7, 11) is 0. The zero-order valence-corrected chi connectivity index (χ0v) is 10.6. The molecule has 0 fully saturated rings. The van der Waals surface area contributed by atoms with Crippen molar-refractivity contribution < 1.29 is 24.9 Å². The molecule has 0 heterocycles. The second kappa shape index (κ2) is 6.11. The second-order valence-corrected chi connectivity index (χ2v) is 4.75. The molecule has 18 heavy (non-hydrogen) atoms. The van der Waals surface area contributed by atoms with Gasteiger partial charge in [-0.15, -0.1) is 0 Å². The minimum absolute atomic E-state index is 0.0135. The van der Waals surface area contributed by atoms with Crippen LogP contribution in [-0.4, -0.2) is 38.6 Å². The number of hydrogen-bond acceptors (Lipinski definition) is 5. The van der Waals surface area contributed by atoms with E-state index in [2.05, 4.69) is 6.92 Å². The zero-order valence-electron chi connectivity index (χ0n) is 10.6. The minimum Gasteiger partial charge on any atom is -0.504 e. The van der Waals surface area contributed by atoms with E-state index in [1.165, 1.54) is 0 Å². The fourth-order valence-corrected chi connectivity index (χ4v) is 2.11. The van der Waals surface area contributed by atoms with Crippen LogP contribution in [0.1, 0.15) is 45.4 Å². The number of Topliss-reactive ketones (excluding diaryl/α,β-unsaturated/α-hetero) is 1. The largest absolute Gasteiger partial charge is 0.504 e. The number of carbonyl (C=O) groups is 2. The number of unbranched alkanes of at least 4 members (excludes halogenated alkanes) is 4. The van der Waals surface area contributed by atoms with Gasteiger partial charge in [0.2, 0.25) is 5.78 Å². The van der Waals surface area contributed by atoms with Gasteiger partial charge in [-0.1, -0.05) is 32.6 Å². The van der Waals surface area contributed by atoms with E-state index in [9.17, 15) is 24.9 Å². The van der Waals surface area contributed by atoms with E-state index >= 15 is 0 Å². The molecule has 102 valence electrons. The molecule has 5 nitrogen and oxygen atoms in total. The molecule has 0 saturated carbocycles. The monoisotopic (exact) mass is 256 g/mol. The number of ketones is 2. The van der Waals surface area contributed by atoms with Crippen LogP contribution >= 0.6 is 0 Å². The zero-order chi connectivity index (χ0) is 13.8. The Bertz CT molecular complexity index is 360. The summed E-state index contributed by atoms with van der Waals surface area (Å²) in [5, 5.41) is 29.0. The Balaban J connectivity index is 2.63. The maximum Gasteiger partial charge on any atom is 0.231 e. The molecule has 2 atom stereocenters. The summed E-state index contributed by atoms with van der Waals surface area (Å²) in [5.74, 6) is -2.57. The van der Waals surface area contributed by atoms with Gasteiger partial charge in [0.15, 0.2) is 23.2 Å². The van der Waals surface area contributed by atoms with Crippen LogP contribution in [0.2, 0.25) is 0 Å². The summed E-state index contributed by atoms with van der Waals surface area (Å²) in [6.45, 7) is 2.07. The highest BCUT2D eigenvalue weighted by Crippen LogP contribution is 2.28. The maximum absolute atomic E-state index is 11.6. The molecule has 3 N–H and O–H groups in total. The SMILES string of the molecule is CCCCCCCC1(O)C(=O)C(O)=CC(=O)C1O. The van der Waals surface area contributed by atoms with Crippen LogP contribution in [0, 0.1) is 0 Å². The average Bonchev–Trinajstić information content (AvgIpc) is 2.34. The molecule has 1 aliphatic carbocycles. The molecule has 0 saturated heterocycles. The molecule has 0 aromatic rings. The summed E-state index contributed by atoms with van der Waals surface area (Å²) in [5.41, 5.74) is -2.16. The van der Waals surface area contributed by atoms with Gasteiger partial charge < -0.3 is 15.3 Å². The molecule has 0 bridgehead atoms. The van der Waals surface area contributed by atoms with Crippen LogP contribution in [0.5, 0.6) is 0 Å². The predicted octanol–water partition coefficient (Wildman–Crippen LogP) is 1.03. The smallest absolute Gasteiger partial charge is 0.231 e. The Morgan fingerprint density at radius 3 is 2.44 bits per heavy atom. The third-order valence-electron chi connectivity index (χ3n) is 3.29. The maximum atomic E-state index is 11.6. The average molecular weight is 256 g/mol. The van der Waals surface area contributed by atoms with Gasteiger partial charge in [0.25, 0.3) is 0 Å². The van der Waals surface area contributed by atoms with Crippen molar-refractivity contribution >= 4 is 11.6 Å². The summed E-state index contributed by atoms with van der Waals surface area (Å²) in [4.78, 5) is 22.9. The van der Waals surface area contributed by atoms with Gasteiger partial charge in [-0.25, -0.2) is 0 Å². The first-order valence-electron chi connectivity index (χ1n) is 6.33. The van der Waals surface area contributed by atoms with Crippen LogP contribution in [0.25, 0.3) is 0 Å². The van der Waals surface area contributed by atoms with Crippen molar-refractivity contribution in [2.75, 3.05) is 0 Å². The first-order valence-corrected chi connectivity index (χ1v) is 6.33. The Morgan fingerprint density at radius 2 is 1.83 bits per heavy atom. The third-order valence-corrected chi connectivity index (χ3v) is 3.29. The lowest BCUT2D eigenvalue weighted by molar-refractivity contribution is -0.160. The lowest BCUT2D eigenvalue weighted by Crippen LogP contribution is -2.56. The highest BCUT2D eigenvalue weighted by Gasteiger charge is 2.50. The molecular formula is C13H20O5. The van der Waals surface area contributed by atoms with Crippen molar-refractivity contribution in [1.82, 2.24) is 0 Å². The Morgan fingerprint density at radius 1 is 1.22 bits per heavy atom. The summed E-state index contributed by atoms with van der Waals surface area (Å²) in [6, 6.07) is 0. The van der Waals surface area contributed by atoms with E-state index in [0.717, 1.165) is 25.7 Å². The van der Waals surface area contributed by atoms with Crippen LogP contribution < -0.4 is 0 Å². The molecule has 1 rings (SSSR count). The van der Waals surface area contributed by atoms with Crippen LogP contribution in [0.15, 0.2) is 11.8 Å². The fourth-order valence-electron chi connectivity index (χ4n) is 2.11. The van der Waals surface area contributed by atoms with Gasteiger partial charge >= 0.3 is 0 Å². The molecule has 0 spiro atoms. The first-order chi connectivity index (χ1) is 8.43. The Kier molecular flexibility index (Phi) is 5.04. The number of hydrogen-bond donors (Lipinski definition) is 3. The summed E-state index contributed by atoms with van der Waals surface area (Å²) < 4.78 is 0. The topological polar surface area (TPSA) is 94.8 Å². The van der Waals surface area contributed by atoms with Crippen LogP contribution in [-0.2, 0) is 9.59 Å². The number of carbonyl (C=O) groups excluding carboxylic acids is 2. The van der Waals surface area contributed by atoms with E-state index in [-0.39, 0.29) is 6.42 Å². The lowest BCUT2D eigenvalue weighted by atomic mass is 9.79. The van der Waals surface area contributed by atoms with Crippen molar-refractivity contribution in [1.29, 1.82) is 0 Å². The van der Waals surface area contributed by atoms with Crippen molar-refractivity contribution in [3.05, 3.63) is 11.8 Å². The number of aliphatic hydroxyl groups is 3. The van der Waals surface area contributed by atoms with E-state index in [0.29, 0.717) is 12.5 Å². The third kappa shape index (κ3) is 2.97. The van der Waals surface area contributed by atoms with Gasteiger partial charge in [-0.2, -0.15) is 0 Å². The van der Waals surface area contributed by atoms with Gasteiger partial charge in [-0.05, 0) is 12.8 Å². The molecular weight excluding hydrogens is 236 g/mol. The van der Waals surface area contributed by atoms with E-state index in [4.69, 9.17) is 0 Å². The van der Waals surface area contributed by atoms with Gasteiger partial charge in [0.1, 0.15) is 0 Å². The Labute approximate surface area is 106 Å². The lowest BCUT2D eigenvalue weighted by Gasteiger charge is -2.32. The van der Waals surface area contributed by atoms with Crippen molar-refractivity contribution in [3.8, 4) is 0 Å². The molecule has 0 radical (unpaired) electrons. The number of rotatable bonds is 6.